The quantitative estimate of drug-likeness (QED) is 0.297. The first-order valence-corrected chi connectivity index (χ1v) is 10.3. The highest BCUT2D eigenvalue weighted by atomic mass is 127. The van der Waals surface area contributed by atoms with Gasteiger partial charge in [0.25, 0.3) is 0 Å². The fourth-order valence-electron chi connectivity index (χ4n) is 2.18. The summed E-state index contributed by atoms with van der Waals surface area (Å²) in [6, 6.07) is 4.21. The normalized spacial score (nSPS) is 14.0. The molecule has 0 saturated heterocycles. The third-order valence-electron chi connectivity index (χ3n) is 3.13. The Balaban J connectivity index is 0.00000529. The summed E-state index contributed by atoms with van der Waals surface area (Å²) in [5, 5.41) is 8.53. The number of aliphatic imine (C=N–C) groups is 1. The van der Waals surface area contributed by atoms with Gasteiger partial charge in [-0.15, -0.1) is 35.3 Å². The molecule has 1 aromatic heterocycles. The standard InChI is InChI=1S/C15H28N4O2S2.HI/c1-12(9-13-7-6-8-22-13)10-17-14(16-4)18-11-15(2,3)19-23(5,20)21;/h6-8,12,19H,9-11H2,1-5H3,(H2,16,17,18);1H. The van der Waals surface area contributed by atoms with Crippen LogP contribution in [0.15, 0.2) is 22.5 Å². The van der Waals surface area contributed by atoms with Crippen molar-refractivity contribution in [3.8, 4) is 0 Å². The van der Waals surface area contributed by atoms with E-state index in [0.717, 1.165) is 19.2 Å². The van der Waals surface area contributed by atoms with E-state index in [0.29, 0.717) is 18.4 Å². The van der Waals surface area contributed by atoms with Crippen LogP contribution in [0, 0.1) is 5.92 Å². The van der Waals surface area contributed by atoms with Gasteiger partial charge in [0.1, 0.15) is 0 Å². The van der Waals surface area contributed by atoms with Gasteiger partial charge in [0.15, 0.2) is 5.96 Å². The molecule has 0 fully saturated rings. The topological polar surface area (TPSA) is 82.6 Å². The van der Waals surface area contributed by atoms with Gasteiger partial charge >= 0.3 is 0 Å². The van der Waals surface area contributed by atoms with Crippen molar-refractivity contribution in [2.75, 3.05) is 26.4 Å². The van der Waals surface area contributed by atoms with E-state index in [1.807, 2.05) is 13.8 Å². The number of rotatable bonds is 8. The molecule has 1 atom stereocenters. The summed E-state index contributed by atoms with van der Waals surface area (Å²) < 4.78 is 25.3. The van der Waals surface area contributed by atoms with E-state index in [4.69, 9.17) is 0 Å². The van der Waals surface area contributed by atoms with Crippen LogP contribution in [0.3, 0.4) is 0 Å². The van der Waals surface area contributed by atoms with E-state index in [-0.39, 0.29) is 24.0 Å². The number of hydrogen-bond acceptors (Lipinski definition) is 4. The van der Waals surface area contributed by atoms with Crippen LogP contribution in [-0.2, 0) is 16.4 Å². The van der Waals surface area contributed by atoms with Crippen LogP contribution in [0.2, 0.25) is 0 Å². The van der Waals surface area contributed by atoms with Gasteiger partial charge in [-0.25, -0.2) is 13.1 Å². The molecule has 0 aliphatic heterocycles. The lowest BCUT2D eigenvalue weighted by Gasteiger charge is -2.26. The van der Waals surface area contributed by atoms with Crippen molar-refractivity contribution in [2.24, 2.45) is 10.9 Å². The molecule has 24 heavy (non-hydrogen) atoms. The first kappa shape index (κ1) is 23.6. The molecule has 0 saturated carbocycles. The second-order valence-electron chi connectivity index (χ2n) is 6.45. The number of halogens is 1. The summed E-state index contributed by atoms with van der Waals surface area (Å²) in [5.41, 5.74) is -0.589. The molecule has 1 rings (SSSR count). The Morgan fingerprint density at radius 3 is 2.54 bits per heavy atom. The Morgan fingerprint density at radius 1 is 1.38 bits per heavy atom. The molecule has 0 aromatic carbocycles. The van der Waals surface area contributed by atoms with Crippen molar-refractivity contribution in [1.82, 2.24) is 15.4 Å². The molecule has 0 bridgehead atoms. The lowest BCUT2D eigenvalue weighted by molar-refractivity contribution is 0.445. The molecule has 1 unspecified atom stereocenters. The van der Waals surface area contributed by atoms with Crippen molar-refractivity contribution < 1.29 is 8.42 Å². The van der Waals surface area contributed by atoms with Crippen molar-refractivity contribution in [3.63, 3.8) is 0 Å². The van der Waals surface area contributed by atoms with Crippen LogP contribution < -0.4 is 15.4 Å². The van der Waals surface area contributed by atoms with Crippen LogP contribution in [-0.4, -0.2) is 46.3 Å². The van der Waals surface area contributed by atoms with Crippen LogP contribution in [0.25, 0.3) is 0 Å². The fourth-order valence-corrected chi connectivity index (χ4v) is 4.12. The van der Waals surface area contributed by atoms with E-state index in [1.165, 1.54) is 4.88 Å². The highest BCUT2D eigenvalue weighted by Crippen LogP contribution is 2.13. The summed E-state index contributed by atoms with van der Waals surface area (Å²) in [7, 11) is -1.54. The Morgan fingerprint density at radius 2 is 2.04 bits per heavy atom. The number of guanidine groups is 1. The van der Waals surface area contributed by atoms with E-state index >= 15 is 0 Å². The Kier molecular flexibility index (Phi) is 10.4. The third-order valence-corrected chi connectivity index (χ3v) is 4.95. The van der Waals surface area contributed by atoms with Crippen LogP contribution in [0.4, 0.5) is 0 Å². The monoisotopic (exact) mass is 488 g/mol. The Bertz CT molecular complexity index is 601. The maximum absolute atomic E-state index is 11.3. The number of nitrogens with one attached hydrogen (secondary N) is 3. The summed E-state index contributed by atoms with van der Waals surface area (Å²) in [6.07, 6.45) is 2.19. The largest absolute Gasteiger partial charge is 0.356 e. The molecule has 0 aliphatic rings. The average molecular weight is 488 g/mol. The molecule has 140 valence electrons. The second kappa shape index (κ2) is 10.6. The molecule has 0 amide bonds. The van der Waals surface area contributed by atoms with Crippen molar-refractivity contribution in [3.05, 3.63) is 22.4 Å². The second-order valence-corrected chi connectivity index (χ2v) is 9.23. The number of sulfonamides is 1. The molecule has 9 heteroatoms. The summed E-state index contributed by atoms with van der Waals surface area (Å²) in [5.74, 6) is 1.15. The van der Waals surface area contributed by atoms with Gasteiger partial charge in [0.05, 0.1) is 6.26 Å². The highest BCUT2D eigenvalue weighted by Gasteiger charge is 2.22. The Hall–Kier alpha value is -0.390. The van der Waals surface area contributed by atoms with E-state index in [1.54, 1.807) is 18.4 Å². The maximum Gasteiger partial charge on any atom is 0.209 e. The molecular formula is C15H29IN4O2S2. The van der Waals surface area contributed by atoms with Gasteiger partial charge in [-0.3, -0.25) is 4.99 Å². The number of thiophene rings is 1. The lowest BCUT2D eigenvalue weighted by atomic mass is 10.1. The van der Waals surface area contributed by atoms with Gasteiger partial charge in [-0.2, -0.15) is 0 Å². The van der Waals surface area contributed by atoms with Gasteiger partial charge in [0.2, 0.25) is 10.0 Å². The molecule has 1 heterocycles. The van der Waals surface area contributed by atoms with E-state index in [2.05, 4.69) is 44.8 Å². The predicted octanol–water partition coefficient (Wildman–Crippen LogP) is 2.04. The SMILES string of the molecule is CN=C(NCC(C)Cc1cccs1)NCC(C)(C)NS(C)(=O)=O.I. The van der Waals surface area contributed by atoms with Crippen molar-refractivity contribution in [2.45, 2.75) is 32.7 Å². The van der Waals surface area contributed by atoms with Crippen LogP contribution >= 0.6 is 35.3 Å². The molecular weight excluding hydrogens is 459 g/mol. The van der Waals surface area contributed by atoms with Gasteiger partial charge in [0, 0.05) is 30.6 Å². The summed E-state index contributed by atoms with van der Waals surface area (Å²) >= 11 is 1.77. The number of nitrogens with zero attached hydrogens (tertiary/aromatic N) is 1. The molecule has 3 N–H and O–H groups in total. The average Bonchev–Trinajstić information content (AvgIpc) is 2.88. The number of hydrogen-bond donors (Lipinski definition) is 3. The smallest absolute Gasteiger partial charge is 0.209 e. The minimum Gasteiger partial charge on any atom is -0.356 e. The van der Waals surface area contributed by atoms with Gasteiger partial charge in [-0.05, 0) is 37.6 Å². The minimum atomic E-state index is -3.24. The summed E-state index contributed by atoms with van der Waals surface area (Å²) in [6.45, 7) is 7.09. The van der Waals surface area contributed by atoms with E-state index in [9.17, 15) is 8.42 Å². The summed E-state index contributed by atoms with van der Waals surface area (Å²) in [4.78, 5) is 5.55. The Labute approximate surface area is 167 Å². The van der Waals surface area contributed by atoms with Gasteiger partial charge in [-0.1, -0.05) is 13.0 Å². The zero-order valence-electron chi connectivity index (χ0n) is 14.9. The van der Waals surface area contributed by atoms with Gasteiger partial charge < -0.3 is 10.6 Å². The minimum absolute atomic E-state index is 0. The van der Waals surface area contributed by atoms with Crippen LogP contribution in [0.5, 0.6) is 0 Å². The fraction of sp³-hybridized carbons (Fsp3) is 0.667. The van der Waals surface area contributed by atoms with E-state index < -0.39 is 15.6 Å². The zero-order valence-corrected chi connectivity index (χ0v) is 18.9. The third kappa shape index (κ3) is 10.5. The molecule has 0 radical (unpaired) electrons. The molecule has 0 aliphatic carbocycles. The first-order valence-electron chi connectivity index (χ1n) is 7.57. The highest BCUT2D eigenvalue weighted by molar-refractivity contribution is 14.0. The molecule has 0 spiro atoms. The zero-order chi connectivity index (χ0) is 17.5. The first-order chi connectivity index (χ1) is 10.6. The molecule has 1 aromatic rings. The van der Waals surface area contributed by atoms with Crippen molar-refractivity contribution in [1.29, 1.82) is 0 Å². The predicted molar refractivity (Wildman–Crippen MR) is 114 cm³/mol. The lowest BCUT2D eigenvalue weighted by Crippen LogP contribution is -2.53. The molecule has 6 nitrogen and oxygen atoms in total. The maximum atomic E-state index is 11.3. The van der Waals surface area contributed by atoms with Crippen LogP contribution in [0.1, 0.15) is 25.6 Å². The van der Waals surface area contributed by atoms with Crippen molar-refractivity contribution >= 4 is 51.3 Å².